The van der Waals surface area contributed by atoms with E-state index in [0.29, 0.717) is 19.6 Å². The molecule has 0 saturated carbocycles. The van der Waals surface area contributed by atoms with E-state index in [0.717, 1.165) is 18.6 Å². The fraction of sp³-hybridized carbons (Fsp3) is 0.769. The maximum Gasteiger partial charge on any atom is 0.248 e. The highest BCUT2D eigenvalue weighted by Gasteiger charge is 2.33. The number of nitrogens with two attached hydrogens (primary N) is 1. The Kier molecular flexibility index (Phi) is 4.89. The number of thioether (sulfide) groups is 1. The van der Waals surface area contributed by atoms with Crippen LogP contribution in [0.25, 0.3) is 0 Å². The van der Waals surface area contributed by atoms with Crippen LogP contribution in [0.3, 0.4) is 0 Å². The van der Waals surface area contributed by atoms with Gasteiger partial charge in [0, 0.05) is 36.3 Å². The van der Waals surface area contributed by atoms with E-state index in [2.05, 4.69) is 18.9 Å². The maximum absolute atomic E-state index is 12.8. The zero-order chi connectivity index (χ0) is 15.7. The second kappa shape index (κ2) is 6.18. The zero-order valence-electron chi connectivity index (χ0n) is 12.9. The number of rotatable bonds is 4. The van der Waals surface area contributed by atoms with Crippen LogP contribution in [-0.2, 0) is 16.6 Å². The summed E-state index contributed by atoms with van der Waals surface area (Å²) < 4.78 is 28.8. The first kappa shape index (κ1) is 16.6. The highest BCUT2D eigenvalue weighted by molar-refractivity contribution is 8.00. The summed E-state index contributed by atoms with van der Waals surface area (Å²) in [5, 5.41) is 4.10. The van der Waals surface area contributed by atoms with Crippen LogP contribution in [0.15, 0.2) is 11.1 Å². The van der Waals surface area contributed by atoms with E-state index in [1.165, 1.54) is 0 Å². The number of sulfonamides is 1. The number of hydrogen-bond acceptors (Lipinski definition) is 5. The third-order valence-electron chi connectivity index (χ3n) is 3.62. The van der Waals surface area contributed by atoms with Crippen molar-refractivity contribution in [1.82, 2.24) is 14.1 Å². The lowest BCUT2D eigenvalue weighted by Gasteiger charge is -2.22. The molecule has 1 aromatic heterocycles. The van der Waals surface area contributed by atoms with Crippen LogP contribution in [0, 0.1) is 0 Å². The molecule has 2 N–H and O–H groups in total. The highest BCUT2D eigenvalue weighted by atomic mass is 32.2. The van der Waals surface area contributed by atoms with Gasteiger partial charge < -0.3 is 5.73 Å². The third-order valence-corrected chi connectivity index (χ3v) is 6.91. The van der Waals surface area contributed by atoms with Gasteiger partial charge in [0.1, 0.15) is 4.90 Å². The normalized spacial score (nSPS) is 20.3. The molecule has 2 heterocycles. The van der Waals surface area contributed by atoms with Crippen molar-refractivity contribution in [2.45, 2.75) is 49.8 Å². The molecule has 1 aliphatic rings. The maximum atomic E-state index is 12.8. The Hall–Kier alpha value is -0.730. The first-order chi connectivity index (χ1) is 9.76. The summed E-state index contributed by atoms with van der Waals surface area (Å²) >= 11 is 1.82. The largest absolute Gasteiger partial charge is 0.381 e. The molecule has 6 nitrogen and oxygen atoms in total. The van der Waals surface area contributed by atoms with E-state index in [9.17, 15) is 8.42 Å². The first-order valence-corrected chi connectivity index (χ1v) is 9.66. The van der Waals surface area contributed by atoms with Crippen LogP contribution < -0.4 is 5.73 Å². The minimum Gasteiger partial charge on any atom is -0.381 e. The van der Waals surface area contributed by atoms with Crippen molar-refractivity contribution < 1.29 is 8.42 Å². The second-order valence-electron chi connectivity index (χ2n) is 5.90. The lowest BCUT2D eigenvalue weighted by atomic mass is 10.1. The number of anilines is 1. The van der Waals surface area contributed by atoms with Crippen molar-refractivity contribution >= 4 is 27.6 Å². The Morgan fingerprint density at radius 2 is 2.14 bits per heavy atom. The van der Waals surface area contributed by atoms with Crippen LogP contribution in [0.4, 0.5) is 5.82 Å². The fourth-order valence-corrected chi connectivity index (χ4v) is 5.06. The van der Waals surface area contributed by atoms with Gasteiger partial charge in [-0.3, -0.25) is 4.68 Å². The molecule has 0 amide bonds. The van der Waals surface area contributed by atoms with Crippen LogP contribution in [0.5, 0.6) is 0 Å². The molecule has 1 aliphatic heterocycles. The van der Waals surface area contributed by atoms with Gasteiger partial charge in [0.05, 0.1) is 0 Å². The average Bonchev–Trinajstić information content (AvgIpc) is 2.64. The molecule has 0 unspecified atom stereocenters. The lowest BCUT2D eigenvalue weighted by molar-refractivity contribution is 0.415. The molecule has 0 spiro atoms. The molecule has 1 saturated heterocycles. The topological polar surface area (TPSA) is 81.2 Å². The van der Waals surface area contributed by atoms with Gasteiger partial charge in [-0.2, -0.15) is 21.2 Å². The van der Waals surface area contributed by atoms with E-state index in [1.54, 1.807) is 15.2 Å². The minimum absolute atomic E-state index is 0.0969. The summed E-state index contributed by atoms with van der Waals surface area (Å²) in [4.78, 5) is 0.139. The van der Waals surface area contributed by atoms with Crippen LogP contribution in [0.1, 0.15) is 33.6 Å². The van der Waals surface area contributed by atoms with Gasteiger partial charge in [0.15, 0.2) is 5.82 Å². The van der Waals surface area contributed by atoms with Crippen LogP contribution in [0.2, 0.25) is 0 Å². The van der Waals surface area contributed by atoms with Crippen molar-refractivity contribution in [2.24, 2.45) is 0 Å². The molecule has 0 bridgehead atoms. The van der Waals surface area contributed by atoms with E-state index in [1.807, 2.05) is 18.7 Å². The second-order valence-corrected chi connectivity index (χ2v) is 9.61. The first-order valence-electron chi connectivity index (χ1n) is 7.23. The predicted molar refractivity (Wildman–Crippen MR) is 86.8 cm³/mol. The Morgan fingerprint density at radius 1 is 1.43 bits per heavy atom. The number of nitrogens with zero attached hydrogens (tertiary/aromatic N) is 3. The Morgan fingerprint density at radius 3 is 2.81 bits per heavy atom. The molecule has 2 rings (SSSR count). The Labute approximate surface area is 131 Å². The molecular weight excluding hydrogens is 308 g/mol. The van der Waals surface area contributed by atoms with Crippen molar-refractivity contribution in [3.8, 4) is 0 Å². The number of hydrogen-bond donors (Lipinski definition) is 1. The minimum atomic E-state index is -3.55. The lowest BCUT2D eigenvalue weighted by Crippen LogP contribution is -2.33. The smallest absolute Gasteiger partial charge is 0.248 e. The average molecular weight is 332 g/mol. The number of aromatic nitrogens is 2. The molecule has 1 fully saturated rings. The zero-order valence-corrected chi connectivity index (χ0v) is 14.5. The molecule has 1 aromatic rings. The number of nitrogen functional groups attached to an aromatic ring is 1. The predicted octanol–water partition coefficient (Wildman–Crippen LogP) is 1.78. The molecule has 21 heavy (non-hydrogen) atoms. The van der Waals surface area contributed by atoms with Gasteiger partial charge in [0.2, 0.25) is 10.0 Å². The van der Waals surface area contributed by atoms with Crippen LogP contribution >= 0.6 is 11.8 Å². The quantitative estimate of drug-likeness (QED) is 0.909. The van der Waals surface area contributed by atoms with Gasteiger partial charge in [-0.1, -0.05) is 20.8 Å². The summed E-state index contributed by atoms with van der Waals surface area (Å²) in [6.45, 7) is 8.04. The summed E-state index contributed by atoms with van der Waals surface area (Å²) in [5.74, 6) is 0.898. The molecule has 8 heteroatoms. The summed E-state index contributed by atoms with van der Waals surface area (Å²) in [5.41, 5.74) is 5.81. The van der Waals surface area contributed by atoms with Crippen molar-refractivity contribution in [1.29, 1.82) is 0 Å². The standard InChI is InChI=1S/C13H24N4O2S2/c1-4-6-16-10-11(12(14)15-16)21(18,19)17-7-5-13(2,3)20-9-8-17/h10H,4-9H2,1-3H3,(H2,14,15). The number of aryl methyl sites for hydroxylation is 1. The van der Waals surface area contributed by atoms with Crippen LogP contribution in [-0.4, -0.2) is 46.1 Å². The molecular formula is C13H24N4O2S2. The monoisotopic (exact) mass is 332 g/mol. The summed E-state index contributed by atoms with van der Waals surface area (Å²) in [7, 11) is -3.55. The van der Waals surface area contributed by atoms with Gasteiger partial charge in [0.25, 0.3) is 0 Å². The van der Waals surface area contributed by atoms with Crippen molar-refractivity contribution in [2.75, 3.05) is 24.6 Å². The summed E-state index contributed by atoms with van der Waals surface area (Å²) in [6, 6.07) is 0. The summed E-state index contributed by atoms with van der Waals surface area (Å²) in [6.07, 6.45) is 3.27. The highest BCUT2D eigenvalue weighted by Crippen LogP contribution is 2.33. The molecule has 0 atom stereocenters. The van der Waals surface area contributed by atoms with Gasteiger partial charge in [-0.15, -0.1) is 0 Å². The molecule has 0 aliphatic carbocycles. The SMILES string of the molecule is CCCn1cc(S(=O)(=O)N2CCSC(C)(C)CC2)c(N)n1. The Bertz CT molecular complexity index is 595. The molecule has 120 valence electrons. The van der Waals surface area contributed by atoms with E-state index in [-0.39, 0.29) is 15.5 Å². The van der Waals surface area contributed by atoms with Gasteiger partial charge in [-0.05, 0) is 12.8 Å². The van der Waals surface area contributed by atoms with E-state index < -0.39 is 10.0 Å². The van der Waals surface area contributed by atoms with Gasteiger partial charge >= 0.3 is 0 Å². The van der Waals surface area contributed by atoms with E-state index >= 15 is 0 Å². The fourth-order valence-electron chi connectivity index (χ4n) is 2.34. The third kappa shape index (κ3) is 3.73. The van der Waals surface area contributed by atoms with Crippen molar-refractivity contribution in [3.05, 3.63) is 6.20 Å². The van der Waals surface area contributed by atoms with E-state index in [4.69, 9.17) is 5.73 Å². The Balaban J connectivity index is 2.25. The van der Waals surface area contributed by atoms with Crippen molar-refractivity contribution in [3.63, 3.8) is 0 Å². The molecule has 0 radical (unpaired) electrons. The molecule has 0 aromatic carbocycles. The van der Waals surface area contributed by atoms with Gasteiger partial charge in [-0.25, -0.2) is 8.42 Å².